The number of halogens is 1. The number of rotatable bonds is 3. The molecule has 0 saturated carbocycles. The van der Waals surface area contributed by atoms with Gasteiger partial charge in [-0.25, -0.2) is 4.39 Å². The number of nitrogens with one attached hydrogen (secondary N) is 1. The zero-order valence-corrected chi connectivity index (χ0v) is 11.0. The topological polar surface area (TPSA) is 32.3 Å². The number of anilines is 1. The number of hydrogen-bond donors (Lipinski definition) is 2. The number of benzene rings is 1. The minimum absolute atomic E-state index is 0.0801. The highest BCUT2D eigenvalue weighted by Gasteiger charge is 2.40. The highest BCUT2D eigenvalue weighted by atomic mass is 32.2. The summed E-state index contributed by atoms with van der Waals surface area (Å²) in [6.45, 7) is 4.05. The van der Waals surface area contributed by atoms with Crippen molar-refractivity contribution in [3.05, 3.63) is 29.6 Å². The maximum atomic E-state index is 13.3. The van der Waals surface area contributed by atoms with E-state index in [1.54, 1.807) is 0 Å². The average molecular weight is 255 g/mol. The van der Waals surface area contributed by atoms with Gasteiger partial charge in [-0.05, 0) is 42.9 Å². The Balaban J connectivity index is 2.24. The van der Waals surface area contributed by atoms with Crippen molar-refractivity contribution in [1.82, 2.24) is 0 Å². The van der Waals surface area contributed by atoms with E-state index in [1.807, 2.05) is 24.8 Å². The highest BCUT2D eigenvalue weighted by molar-refractivity contribution is 8.00. The third-order valence-corrected chi connectivity index (χ3v) is 4.80. The summed E-state index contributed by atoms with van der Waals surface area (Å²) in [5.41, 5.74) is 1.33. The van der Waals surface area contributed by atoms with Crippen LogP contribution in [0.1, 0.15) is 18.9 Å². The van der Waals surface area contributed by atoms with Crippen molar-refractivity contribution in [3.8, 4) is 0 Å². The number of aryl methyl sites for hydroxylation is 1. The Hall–Kier alpha value is -0.740. The highest BCUT2D eigenvalue weighted by Crippen LogP contribution is 2.38. The Morgan fingerprint density at radius 2 is 2.29 bits per heavy atom. The minimum atomic E-state index is -0.315. The lowest BCUT2D eigenvalue weighted by Crippen LogP contribution is -2.46. The first-order chi connectivity index (χ1) is 8.05. The lowest BCUT2D eigenvalue weighted by molar-refractivity contribution is 0.212. The fourth-order valence-corrected chi connectivity index (χ4v) is 3.69. The Bertz CT molecular complexity index is 392. The summed E-state index contributed by atoms with van der Waals surface area (Å²) >= 11 is 1.84. The molecule has 2 nitrogen and oxygen atoms in total. The van der Waals surface area contributed by atoms with Crippen molar-refractivity contribution in [2.24, 2.45) is 0 Å². The summed E-state index contributed by atoms with van der Waals surface area (Å²) in [7, 11) is 0. The van der Waals surface area contributed by atoms with Crippen LogP contribution in [0.5, 0.6) is 0 Å². The molecule has 1 aliphatic heterocycles. The van der Waals surface area contributed by atoms with Crippen LogP contribution < -0.4 is 5.32 Å². The van der Waals surface area contributed by atoms with Gasteiger partial charge < -0.3 is 10.4 Å². The summed E-state index contributed by atoms with van der Waals surface area (Å²) in [6, 6.07) is 4.90. The van der Waals surface area contributed by atoms with Crippen LogP contribution in [0.4, 0.5) is 10.1 Å². The molecular formula is C13H18FNOS. The fourth-order valence-electron chi connectivity index (χ4n) is 2.29. The van der Waals surface area contributed by atoms with Crippen molar-refractivity contribution in [2.45, 2.75) is 31.1 Å². The quantitative estimate of drug-likeness (QED) is 0.871. The molecule has 0 aromatic heterocycles. The van der Waals surface area contributed by atoms with Crippen molar-refractivity contribution in [2.75, 3.05) is 17.7 Å². The third kappa shape index (κ3) is 2.58. The standard InChI is InChI=1S/C13H18FNOS/c1-9-5-11(14)7-12(6-9)15-13(8-16)3-4-17-10(13)2/h5-7,10,15-16H,3-4,8H2,1-2H3. The second-order valence-corrected chi connectivity index (χ2v) is 6.17. The van der Waals surface area contributed by atoms with Crippen LogP contribution in [0, 0.1) is 12.7 Å². The molecule has 0 amide bonds. The molecule has 2 atom stereocenters. The molecule has 1 heterocycles. The van der Waals surface area contributed by atoms with Gasteiger partial charge in [0.25, 0.3) is 0 Å². The van der Waals surface area contributed by atoms with E-state index in [4.69, 9.17) is 0 Å². The van der Waals surface area contributed by atoms with E-state index in [-0.39, 0.29) is 18.0 Å². The van der Waals surface area contributed by atoms with Crippen LogP contribution >= 0.6 is 11.8 Å². The van der Waals surface area contributed by atoms with Gasteiger partial charge in [-0.15, -0.1) is 0 Å². The third-order valence-electron chi connectivity index (χ3n) is 3.41. The SMILES string of the molecule is Cc1cc(F)cc(NC2(CO)CCSC2C)c1. The predicted molar refractivity (Wildman–Crippen MR) is 71.1 cm³/mol. The number of hydrogen-bond acceptors (Lipinski definition) is 3. The molecule has 17 heavy (non-hydrogen) atoms. The maximum absolute atomic E-state index is 13.3. The molecule has 2 N–H and O–H groups in total. The molecule has 1 aliphatic rings. The van der Waals surface area contributed by atoms with E-state index in [1.165, 1.54) is 12.1 Å². The summed E-state index contributed by atoms with van der Waals surface area (Å²) < 4.78 is 13.3. The Morgan fingerprint density at radius 1 is 1.53 bits per heavy atom. The molecular weight excluding hydrogens is 237 g/mol. The zero-order valence-electron chi connectivity index (χ0n) is 10.2. The molecule has 0 aliphatic carbocycles. The molecule has 1 fully saturated rings. The molecule has 0 bridgehead atoms. The van der Waals surface area contributed by atoms with Gasteiger partial charge in [-0.3, -0.25) is 0 Å². The van der Waals surface area contributed by atoms with Gasteiger partial charge >= 0.3 is 0 Å². The van der Waals surface area contributed by atoms with Crippen molar-refractivity contribution in [3.63, 3.8) is 0 Å². The smallest absolute Gasteiger partial charge is 0.125 e. The first kappa shape index (κ1) is 12.7. The van der Waals surface area contributed by atoms with Crippen molar-refractivity contribution in [1.29, 1.82) is 0 Å². The Morgan fingerprint density at radius 3 is 2.82 bits per heavy atom. The van der Waals surface area contributed by atoms with Crippen LogP contribution in [0.25, 0.3) is 0 Å². The summed E-state index contributed by atoms with van der Waals surface area (Å²) in [5.74, 6) is 0.794. The van der Waals surface area contributed by atoms with E-state index >= 15 is 0 Å². The molecule has 2 rings (SSSR count). The number of thioether (sulfide) groups is 1. The largest absolute Gasteiger partial charge is 0.394 e. The van der Waals surface area contributed by atoms with Crippen LogP contribution in [0.15, 0.2) is 18.2 Å². The molecule has 1 aromatic rings. The molecule has 0 spiro atoms. The number of aliphatic hydroxyl groups excluding tert-OH is 1. The second kappa shape index (κ2) is 4.86. The first-order valence-corrected chi connectivity index (χ1v) is 6.88. The zero-order chi connectivity index (χ0) is 12.5. The van der Waals surface area contributed by atoms with Gasteiger partial charge in [0.15, 0.2) is 0 Å². The predicted octanol–water partition coefficient (Wildman–Crippen LogP) is 2.80. The van der Waals surface area contributed by atoms with Crippen LogP contribution in [0.3, 0.4) is 0 Å². The fraction of sp³-hybridized carbons (Fsp3) is 0.538. The van der Waals surface area contributed by atoms with Crippen molar-refractivity contribution >= 4 is 17.4 Å². The van der Waals surface area contributed by atoms with Gasteiger partial charge in [0, 0.05) is 10.9 Å². The van der Waals surface area contributed by atoms with Gasteiger partial charge in [0.2, 0.25) is 0 Å². The molecule has 2 unspecified atom stereocenters. The van der Waals surface area contributed by atoms with E-state index in [9.17, 15) is 9.50 Å². The molecule has 1 saturated heterocycles. The number of aliphatic hydroxyl groups is 1. The van der Waals surface area contributed by atoms with Crippen molar-refractivity contribution < 1.29 is 9.50 Å². The Kier molecular flexibility index (Phi) is 3.64. The van der Waals surface area contributed by atoms with E-state index in [2.05, 4.69) is 12.2 Å². The summed E-state index contributed by atoms with van der Waals surface area (Å²) in [5, 5.41) is 13.3. The second-order valence-electron chi connectivity index (χ2n) is 4.72. The van der Waals surface area contributed by atoms with Crippen LogP contribution in [-0.2, 0) is 0 Å². The maximum Gasteiger partial charge on any atom is 0.125 e. The lowest BCUT2D eigenvalue weighted by Gasteiger charge is -2.33. The molecule has 4 heteroatoms. The van der Waals surface area contributed by atoms with Gasteiger partial charge in [0.1, 0.15) is 5.82 Å². The summed E-state index contributed by atoms with van der Waals surface area (Å²) in [6.07, 6.45) is 0.908. The van der Waals surface area contributed by atoms with E-state index < -0.39 is 0 Å². The molecule has 1 aromatic carbocycles. The minimum Gasteiger partial charge on any atom is -0.394 e. The molecule has 94 valence electrons. The Labute approximate surface area is 106 Å². The average Bonchev–Trinajstić information content (AvgIpc) is 2.59. The van der Waals surface area contributed by atoms with Gasteiger partial charge in [-0.2, -0.15) is 11.8 Å². The first-order valence-electron chi connectivity index (χ1n) is 5.83. The summed E-state index contributed by atoms with van der Waals surface area (Å²) in [4.78, 5) is 0. The monoisotopic (exact) mass is 255 g/mol. The van der Waals surface area contributed by atoms with E-state index in [0.29, 0.717) is 5.25 Å². The normalized spacial score (nSPS) is 28.4. The van der Waals surface area contributed by atoms with Gasteiger partial charge in [-0.1, -0.05) is 6.92 Å². The van der Waals surface area contributed by atoms with Gasteiger partial charge in [0.05, 0.1) is 12.1 Å². The van der Waals surface area contributed by atoms with E-state index in [0.717, 1.165) is 23.4 Å². The van der Waals surface area contributed by atoms with Crippen LogP contribution in [0.2, 0.25) is 0 Å². The molecule has 0 radical (unpaired) electrons. The van der Waals surface area contributed by atoms with Crippen LogP contribution in [-0.4, -0.2) is 28.3 Å². The lowest BCUT2D eigenvalue weighted by atomic mass is 9.93.